The van der Waals surface area contributed by atoms with Crippen LogP contribution in [0.2, 0.25) is 0 Å². The fourth-order valence-electron chi connectivity index (χ4n) is 4.02. The third kappa shape index (κ3) is 4.07. The van der Waals surface area contributed by atoms with Crippen molar-refractivity contribution < 1.29 is 18.7 Å². The van der Waals surface area contributed by atoms with Gasteiger partial charge >= 0.3 is 5.97 Å². The summed E-state index contributed by atoms with van der Waals surface area (Å²) in [6.45, 7) is 1.55. The number of rotatable bonds is 6. The highest BCUT2D eigenvalue weighted by Crippen LogP contribution is 2.31. The van der Waals surface area contributed by atoms with Crippen LogP contribution in [0.5, 0.6) is 0 Å². The van der Waals surface area contributed by atoms with E-state index < -0.39 is 5.97 Å². The number of furan rings is 1. The Balaban J connectivity index is 1.33. The van der Waals surface area contributed by atoms with Crippen LogP contribution >= 0.6 is 0 Å². The molecule has 1 aliphatic rings. The van der Waals surface area contributed by atoms with Crippen LogP contribution in [0.15, 0.2) is 71.3 Å². The quantitative estimate of drug-likeness (QED) is 0.492. The molecule has 2 aromatic carbocycles. The van der Waals surface area contributed by atoms with Crippen LogP contribution in [0.25, 0.3) is 22.3 Å². The molecule has 0 aliphatic carbocycles. The number of carbonyl (C=O) groups is 1. The Kier molecular flexibility index (Phi) is 5.00. The standard InChI is InChI=1S/C25H21FN2O3/c26-22-11-17(13-28-14-19(15-28)25(29)30)4-6-21(22)24-12-18-9-16(5-7-23(18)31-24)10-20-3-1-2-8-27-20/h1-9,11-12,19H,10,13-15H2,(H,29,30). The molecule has 1 N–H and O–H groups in total. The van der Waals surface area contributed by atoms with E-state index in [1.165, 1.54) is 6.07 Å². The SMILES string of the molecule is O=C(O)C1CN(Cc2ccc(-c3cc4cc(Cc5ccccn5)ccc4o3)c(F)c2)C1. The van der Waals surface area contributed by atoms with Crippen molar-refractivity contribution in [3.8, 4) is 11.3 Å². The van der Waals surface area contributed by atoms with Crippen molar-refractivity contribution in [1.82, 2.24) is 9.88 Å². The van der Waals surface area contributed by atoms with Gasteiger partial charge in [-0.2, -0.15) is 0 Å². The number of benzene rings is 2. The van der Waals surface area contributed by atoms with Crippen molar-refractivity contribution in [2.24, 2.45) is 5.92 Å². The lowest BCUT2D eigenvalue weighted by molar-refractivity contribution is -0.147. The average Bonchev–Trinajstić information content (AvgIpc) is 3.14. The molecule has 6 heteroatoms. The Morgan fingerprint density at radius 2 is 1.94 bits per heavy atom. The van der Waals surface area contributed by atoms with E-state index >= 15 is 0 Å². The van der Waals surface area contributed by atoms with Crippen LogP contribution < -0.4 is 0 Å². The zero-order valence-electron chi connectivity index (χ0n) is 16.8. The van der Waals surface area contributed by atoms with E-state index in [4.69, 9.17) is 9.52 Å². The maximum Gasteiger partial charge on any atom is 0.309 e. The summed E-state index contributed by atoms with van der Waals surface area (Å²) in [5, 5.41) is 9.90. The monoisotopic (exact) mass is 416 g/mol. The third-order valence-corrected chi connectivity index (χ3v) is 5.70. The number of carboxylic acids is 1. The van der Waals surface area contributed by atoms with E-state index in [9.17, 15) is 9.18 Å². The van der Waals surface area contributed by atoms with Gasteiger partial charge in [0.15, 0.2) is 0 Å². The molecule has 0 atom stereocenters. The molecule has 0 radical (unpaired) electrons. The van der Waals surface area contributed by atoms with Crippen LogP contribution in [0.4, 0.5) is 4.39 Å². The fourth-order valence-corrected chi connectivity index (χ4v) is 4.02. The van der Waals surface area contributed by atoms with Gasteiger partial charge in [-0.05, 0) is 53.6 Å². The summed E-state index contributed by atoms with van der Waals surface area (Å²) in [7, 11) is 0. The van der Waals surface area contributed by atoms with Crippen molar-refractivity contribution >= 4 is 16.9 Å². The summed E-state index contributed by atoms with van der Waals surface area (Å²) < 4.78 is 20.7. The number of hydrogen-bond acceptors (Lipinski definition) is 4. The van der Waals surface area contributed by atoms with Gasteiger partial charge in [0.05, 0.1) is 11.5 Å². The summed E-state index contributed by atoms with van der Waals surface area (Å²) in [6.07, 6.45) is 2.50. The largest absolute Gasteiger partial charge is 0.481 e. The Hall–Kier alpha value is -3.51. The lowest BCUT2D eigenvalue weighted by Gasteiger charge is -2.36. The number of likely N-dealkylation sites (tertiary alicyclic amines) is 1. The van der Waals surface area contributed by atoms with E-state index in [2.05, 4.69) is 4.98 Å². The average molecular weight is 416 g/mol. The topological polar surface area (TPSA) is 66.6 Å². The first-order valence-electron chi connectivity index (χ1n) is 10.2. The number of aromatic nitrogens is 1. The predicted octanol–water partition coefficient (Wildman–Crippen LogP) is 4.74. The molecule has 5 nitrogen and oxygen atoms in total. The predicted molar refractivity (Wildman–Crippen MR) is 115 cm³/mol. The van der Waals surface area contributed by atoms with Crippen molar-refractivity contribution in [1.29, 1.82) is 0 Å². The number of halogens is 1. The van der Waals surface area contributed by atoms with Gasteiger partial charge in [0.25, 0.3) is 0 Å². The van der Waals surface area contributed by atoms with E-state index in [0.29, 0.717) is 36.5 Å². The number of aliphatic carboxylic acids is 1. The highest BCUT2D eigenvalue weighted by molar-refractivity contribution is 5.83. The van der Waals surface area contributed by atoms with Gasteiger partial charge in [0.1, 0.15) is 17.2 Å². The van der Waals surface area contributed by atoms with Gasteiger partial charge in [0, 0.05) is 43.3 Å². The number of nitrogens with zero attached hydrogens (tertiary/aromatic N) is 2. The first-order valence-corrected chi connectivity index (χ1v) is 10.2. The molecule has 156 valence electrons. The van der Waals surface area contributed by atoms with Crippen LogP contribution in [0.3, 0.4) is 0 Å². The minimum Gasteiger partial charge on any atom is -0.481 e. The molecule has 0 amide bonds. The van der Waals surface area contributed by atoms with Crippen molar-refractivity contribution in [2.75, 3.05) is 13.1 Å². The number of fused-ring (bicyclic) bond motifs is 1. The maximum absolute atomic E-state index is 14.8. The highest BCUT2D eigenvalue weighted by Gasteiger charge is 2.32. The molecule has 4 aromatic rings. The van der Waals surface area contributed by atoms with E-state index in [-0.39, 0.29) is 11.7 Å². The lowest BCUT2D eigenvalue weighted by atomic mass is 9.99. The molecule has 1 fully saturated rings. The van der Waals surface area contributed by atoms with Crippen molar-refractivity contribution in [2.45, 2.75) is 13.0 Å². The third-order valence-electron chi connectivity index (χ3n) is 5.70. The summed E-state index contributed by atoms with van der Waals surface area (Å²) in [5.74, 6) is -0.947. The lowest BCUT2D eigenvalue weighted by Crippen LogP contribution is -2.49. The second kappa shape index (κ2) is 7.96. The maximum atomic E-state index is 14.8. The molecule has 0 saturated carbocycles. The molecule has 0 unspecified atom stereocenters. The molecule has 2 aromatic heterocycles. The fraction of sp³-hybridized carbons (Fsp3) is 0.200. The smallest absolute Gasteiger partial charge is 0.309 e. The molecule has 1 saturated heterocycles. The molecule has 3 heterocycles. The number of carboxylic acid groups (broad SMARTS) is 1. The summed E-state index contributed by atoms with van der Waals surface area (Å²) in [5.41, 5.74) is 4.05. The van der Waals surface area contributed by atoms with Gasteiger partial charge in [-0.25, -0.2) is 4.39 Å². The second-order valence-corrected chi connectivity index (χ2v) is 8.02. The van der Waals surface area contributed by atoms with E-state index in [1.807, 2.05) is 53.4 Å². The Morgan fingerprint density at radius 1 is 1.10 bits per heavy atom. The zero-order valence-corrected chi connectivity index (χ0v) is 16.8. The number of pyridine rings is 1. The van der Waals surface area contributed by atoms with Crippen LogP contribution in [-0.2, 0) is 17.8 Å². The Labute approximate surface area is 178 Å². The second-order valence-electron chi connectivity index (χ2n) is 8.02. The van der Waals surface area contributed by atoms with Gasteiger partial charge in [-0.3, -0.25) is 14.7 Å². The molecular formula is C25H21FN2O3. The molecule has 0 spiro atoms. The van der Waals surface area contributed by atoms with Gasteiger partial charge in [-0.1, -0.05) is 18.2 Å². The van der Waals surface area contributed by atoms with E-state index in [0.717, 1.165) is 28.6 Å². The first-order chi connectivity index (χ1) is 15.0. The van der Waals surface area contributed by atoms with E-state index in [1.54, 1.807) is 12.3 Å². The van der Waals surface area contributed by atoms with Gasteiger partial charge in [-0.15, -0.1) is 0 Å². The minimum atomic E-state index is -0.772. The van der Waals surface area contributed by atoms with Gasteiger partial charge in [0.2, 0.25) is 0 Å². The van der Waals surface area contributed by atoms with Crippen molar-refractivity contribution in [3.05, 3.63) is 89.5 Å². The minimum absolute atomic E-state index is 0.317. The summed E-state index contributed by atoms with van der Waals surface area (Å²) in [6, 6.07) is 18.8. The molecule has 0 bridgehead atoms. The van der Waals surface area contributed by atoms with Crippen LogP contribution in [-0.4, -0.2) is 34.0 Å². The number of hydrogen-bond donors (Lipinski definition) is 1. The summed E-state index contributed by atoms with van der Waals surface area (Å²) in [4.78, 5) is 17.3. The zero-order chi connectivity index (χ0) is 21.4. The molecule has 31 heavy (non-hydrogen) atoms. The summed E-state index contributed by atoms with van der Waals surface area (Å²) >= 11 is 0. The Morgan fingerprint density at radius 3 is 2.68 bits per heavy atom. The molecule has 1 aliphatic heterocycles. The van der Waals surface area contributed by atoms with Crippen LogP contribution in [0.1, 0.15) is 16.8 Å². The van der Waals surface area contributed by atoms with Crippen molar-refractivity contribution in [3.63, 3.8) is 0 Å². The molecular weight excluding hydrogens is 395 g/mol. The first kappa shape index (κ1) is 19.5. The highest BCUT2D eigenvalue weighted by atomic mass is 19.1. The normalized spacial score (nSPS) is 14.6. The van der Waals surface area contributed by atoms with Crippen LogP contribution in [0, 0.1) is 11.7 Å². The Bertz CT molecular complexity index is 1250. The van der Waals surface area contributed by atoms with Gasteiger partial charge < -0.3 is 9.52 Å². The molecule has 5 rings (SSSR count).